The van der Waals surface area contributed by atoms with E-state index in [9.17, 15) is 14.9 Å². The van der Waals surface area contributed by atoms with Crippen molar-refractivity contribution in [2.24, 2.45) is 0 Å². The number of nitrogens with two attached hydrogens (primary N) is 1. The van der Waals surface area contributed by atoms with Crippen LogP contribution in [0.2, 0.25) is 5.02 Å². The van der Waals surface area contributed by atoms with E-state index >= 15 is 0 Å². The molecule has 1 fully saturated rings. The molecule has 1 heterocycles. The molecular formula is C11H12ClN3O4. The van der Waals surface area contributed by atoms with Crippen LogP contribution in [-0.2, 0) is 4.79 Å². The Morgan fingerprint density at radius 3 is 2.84 bits per heavy atom. The minimum Gasteiger partial charge on any atom is -0.480 e. The first kappa shape index (κ1) is 13.4. The molecule has 19 heavy (non-hydrogen) atoms. The molecule has 102 valence electrons. The molecular weight excluding hydrogens is 274 g/mol. The molecule has 0 aliphatic carbocycles. The van der Waals surface area contributed by atoms with Gasteiger partial charge >= 0.3 is 5.97 Å². The fourth-order valence-electron chi connectivity index (χ4n) is 2.26. The number of halogens is 1. The Morgan fingerprint density at radius 1 is 1.58 bits per heavy atom. The molecule has 0 radical (unpaired) electrons. The average molecular weight is 286 g/mol. The topological polar surface area (TPSA) is 110 Å². The van der Waals surface area contributed by atoms with Crippen molar-refractivity contribution in [2.75, 3.05) is 17.2 Å². The number of anilines is 2. The molecule has 1 aliphatic rings. The highest BCUT2D eigenvalue weighted by atomic mass is 35.5. The highest BCUT2D eigenvalue weighted by molar-refractivity contribution is 6.33. The maximum atomic E-state index is 11.1. The number of benzene rings is 1. The van der Waals surface area contributed by atoms with Crippen molar-refractivity contribution in [3.05, 3.63) is 27.3 Å². The third-order valence-electron chi connectivity index (χ3n) is 3.14. The van der Waals surface area contributed by atoms with E-state index in [0.717, 1.165) is 12.5 Å². The fraction of sp³-hybridized carbons (Fsp3) is 0.364. The fourth-order valence-corrected chi connectivity index (χ4v) is 2.52. The number of carbonyl (C=O) groups is 1. The summed E-state index contributed by atoms with van der Waals surface area (Å²) in [6.07, 6.45) is 1.24. The smallest absolute Gasteiger partial charge is 0.326 e. The van der Waals surface area contributed by atoms with Crippen molar-refractivity contribution in [3.63, 3.8) is 0 Å². The third kappa shape index (κ3) is 2.41. The van der Waals surface area contributed by atoms with Gasteiger partial charge in [-0.3, -0.25) is 10.1 Å². The first-order valence-electron chi connectivity index (χ1n) is 5.64. The molecule has 1 saturated heterocycles. The van der Waals surface area contributed by atoms with Crippen molar-refractivity contribution in [1.29, 1.82) is 0 Å². The van der Waals surface area contributed by atoms with Crippen molar-refractivity contribution >= 4 is 34.6 Å². The van der Waals surface area contributed by atoms with Crippen LogP contribution in [0, 0.1) is 10.1 Å². The highest BCUT2D eigenvalue weighted by Gasteiger charge is 2.32. The Balaban J connectivity index is 2.43. The summed E-state index contributed by atoms with van der Waals surface area (Å²) in [5.41, 5.74) is 5.73. The van der Waals surface area contributed by atoms with Crippen LogP contribution in [0.25, 0.3) is 0 Å². The number of nitro groups is 1. The van der Waals surface area contributed by atoms with Gasteiger partial charge in [-0.25, -0.2) is 4.79 Å². The summed E-state index contributed by atoms with van der Waals surface area (Å²) in [5.74, 6) is -0.939. The molecule has 0 bridgehead atoms. The first-order chi connectivity index (χ1) is 8.91. The molecule has 0 saturated carbocycles. The maximum Gasteiger partial charge on any atom is 0.326 e. The van der Waals surface area contributed by atoms with Gasteiger partial charge in [-0.1, -0.05) is 11.6 Å². The average Bonchev–Trinajstić information content (AvgIpc) is 2.80. The highest BCUT2D eigenvalue weighted by Crippen LogP contribution is 2.37. The largest absolute Gasteiger partial charge is 0.480 e. The van der Waals surface area contributed by atoms with E-state index in [4.69, 9.17) is 22.4 Å². The van der Waals surface area contributed by atoms with Crippen molar-refractivity contribution in [1.82, 2.24) is 0 Å². The van der Waals surface area contributed by atoms with Gasteiger partial charge in [-0.15, -0.1) is 0 Å². The van der Waals surface area contributed by atoms with Crippen LogP contribution in [0.4, 0.5) is 17.1 Å². The van der Waals surface area contributed by atoms with Crippen LogP contribution in [-0.4, -0.2) is 28.6 Å². The van der Waals surface area contributed by atoms with Gasteiger partial charge in [0.15, 0.2) is 0 Å². The van der Waals surface area contributed by atoms with Crippen LogP contribution in [0.5, 0.6) is 0 Å². The zero-order valence-corrected chi connectivity index (χ0v) is 10.6. The van der Waals surface area contributed by atoms with E-state index in [0.29, 0.717) is 18.7 Å². The zero-order valence-electron chi connectivity index (χ0n) is 9.88. The summed E-state index contributed by atoms with van der Waals surface area (Å²) in [6.45, 7) is 0.536. The lowest BCUT2D eigenvalue weighted by Gasteiger charge is -2.24. The van der Waals surface area contributed by atoms with Gasteiger partial charge in [0.05, 0.1) is 15.6 Å². The van der Waals surface area contributed by atoms with Crippen LogP contribution in [0.15, 0.2) is 12.1 Å². The van der Waals surface area contributed by atoms with E-state index in [1.165, 1.54) is 6.07 Å². The van der Waals surface area contributed by atoms with E-state index in [-0.39, 0.29) is 16.4 Å². The number of nitrogens with zero attached hydrogens (tertiary/aromatic N) is 2. The minimum absolute atomic E-state index is 0.0274. The van der Waals surface area contributed by atoms with Crippen LogP contribution < -0.4 is 10.6 Å². The molecule has 1 aliphatic heterocycles. The minimum atomic E-state index is -0.939. The number of hydrogen-bond donors (Lipinski definition) is 2. The monoisotopic (exact) mass is 285 g/mol. The molecule has 8 heteroatoms. The number of carboxylic acids is 1. The zero-order chi connectivity index (χ0) is 14.2. The van der Waals surface area contributed by atoms with Crippen molar-refractivity contribution in [2.45, 2.75) is 18.9 Å². The summed E-state index contributed by atoms with van der Waals surface area (Å²) >= 11 is 6.00. The lowest BCUT2D eigenvalue weighted by atomic mass is 10.2. The Bertz CT molecular complexity index is 549. The third-order valence-corrected chi connectivity index (χ3v) is 3.44. The summed E-state index contributed by atoms with van der Waals surface area (Å²) in [4.78, 5) is 22.9. The number of nitro benzene ring substituents is 1. The van der Waals surface area contributed by atoms with E-state index in [1.807, 2.05) is 0 Å². The summed E-state index contributed by atoms with van der Waals surface area (Å²) in [7, 11) is 0. The Morgan fingerprint density at radius 2 is 2.26 bits per heavy atom. The van der Waals surface area contributed by atoms with Gasteiger partial charge in [-0.05, 0) is 18.9 Å². The summed E-state index contributed by atoms with van der Waals surface area (Å²) < 4.78 is 0. The summed E-state index contributed by atoms with van der Waals surface area (Å²) in [5, 5.41) is 20.0. The van der Waals surface area contributed by atoms with Gasteiger partial charge in [0.25, 0.3) is 5.69 Å². The lowest BCUT2D eigenvalue weighted by molar-refractivity contribution is -0.383. The maximum absolute atomic E-state index is 11.1. The number of hydrogen-bond acceptors (Lipinski definition) is 5. The molecule has 3 N–H and O–H groups in total. The van der Waals surface area contributed by atoms with E-state index in [1.54, 1.807) is 4.90 Å². The molecule has 1 unspecified atom stereocenters. The van der Waals surface area contributed by atoms with E-state index in [2.05, 4.69) is 0 Å². The van der Waals surface area contributed by atoms with Gasteiger partial charge in [0, 0.05) is 12.6 Å². The normalized spacial score (nSPS) is 18.6. The second-order valence-electron chi connectivity index (χ2n) is 4.31. The SMILES string of the molecule is Nc1cc(N2CCCC2C(=O)O)c(Cl)cc1[N+](=O)[O-]. The van der Waals surface area contributed by atoms with Gasteiger partial charge in [0.2, 0.25) is 0 Å². The number of rotatable bonds is 3. The van der Waals surface area contributed by atoms with Crippen LogP contribution in [0.1, 0.15) is 12.8 Å². The molecule has 0 amide bonds. The number of aliphatic carboxylic acids is 1. The van der Waals surface area contributed by atoms with Gasteiger partial charge in [-0.2, -0.15) is 0 Å². The number of nitrogen functional groups attached to an aromatic ring is 1. The van der Waals surface area contributed by atoms with Gasteiger partial charge < -0.3 is 15.7 Å². The molecule has 0 spiro atoms. The molecule has 1 atom stereocenters. The van der Waals surface area contributed by atoms with Crippen LogP contribution >= 0.6 is 11.6 Å². The molecule has 0 aromatic heterocycles. The molecule has 2 rings (SSSR count). The van der Waals surface area contributed by atoms with Crippen LogP contribution in [0.3, 0.4) is 0 Å². The van der Waals surface area contributed by atoms with Crippen molar-refractivity contribution in [3.8, 4) is 0 Å². The Kier molecular flexibility index (Phi) is 3.48. The van der Waals surface area contributed by atoms with E-state index < -0.39 is 16.9 Å². The Labute approximate surface area is 113 Å². The van der Waals surface area contributed by atoms with Crippen molar-refractivity contribution < 1.29 is 14.8 Å². The summed E-state index contributed by atoms with van der Waals surface area (Å²) in [6, 6.07) is 1.85. The molecule has 7 nitrogen and oxygen atoms in total. The standard InChI is InChI=1S/C11H12ClN3O4/c12-6-4-10(15(18)19)7(13)5-9(6)14-3-1-2-8(14)11(16)17/h4-5,8H,1-3,13H2,(H,16,17). The molecule has 1 aromatic rings. The predicted molar refractivity (Wildman–Crippen MR) is 70.5 cm³/mol. The molecule has 1 aromatic carbocycles. The first-order valence-corrected chi connectivity index (χ1v) is 6.02. The Hall–Kier alpha value is -2.02. The van der Waals surface area contributed by atoms with Gasteiger partial charge in [0.1, 0.15) is 11.7 Å². The predicted octanol–water partition coefficient (Wildman–Crippen LogP) is 1.88. The second kappa shape index (κ2) is 4.93. The lowest BCUT2D eigenvalue weighted by Crippen LogP contribution is -2.36. The second-order valence-corrected chi connectivity index (χ2v) is 4.72. The quantitative estimate of drug-likeness (QED) is 0.498. The number of carboxylic acid groups (broad SMARTS) is 1.